The third-order valence-corrected chi connectivity index (χ3v) is 1.29. The Morgan fingerprint density at radius 2 is 2.25 bits per heavy atom. The summed E-state index contributed by atoms with van der Waals surface area (Å²) in [6, 6.07) is -0.873. The van der Waals surface area contributed by atoms with Gasteiger partial charge >= 0.3 is 5.97 Å². The largest absolute Gasteiger partial charge is 0.480 e. The Balaban J connectivity index is 3.60. The quantitative estimate of drug-likeness (QED) is 0.294. The molecule has 0 fully saturated rings. The first-order valence-electron chi connectivity index (χ1n) is 3.46. The minimum Gasteiger partial charge on any atom is -0.480 e. The van der Waals surface area contributed by atoms with Gasteiger partial charge in [0, 0.05) is 18.9 Å². The van der Waals surface area contributed by atoms with Crippen LogP contribution in [-0.4, -0.2) is 28.7 Å². The summed E-state index contributed by atoms with van der Waals surface area (Å²) in [6.45, 7) is 0.362. The summed E-state index contributed by atoms with van der Waals surface area (Å²) >= 11 is 0. The molecule has 6 heteroatoms. The molecule has 0 radical (unpaired) electrons. The van der Waals surface area contributed by atoms with Gasteiger partial charge < -0.3 is 21.6 Å². The standard InChI is InChI=1S/C6H14N4O2/c7-2-4-10(9)3-1-5(8)6(11)12/h2,4-5H,1,3,7-9H2,(H,11,12)/b4-2-. The lowest BCUT2D eigenvalue weighted by molar-refractivity contribution is -0.138. The van der Waals surface area contributed by atoms with Gasteiger partial charge in [-0.15, -0.1) is 0 Å². The van der Waals surface area contributed by atoms with Crippen LogP contribution in [0.4, 0.5) is 0 Å². The first kappa shape index (κ1) is 10.7. The number of nitrogens with two attached hydrogens (primary N) is 3. The van der Waals surface area contributed by atoms with Gasteiger partial charge in [0.05, 0.1) is 0 Å². The number of nitrogens with zero attached hydrogens (tertiary/aromatic N) is 1. The monoisotopic (exact) mass is 174 g/mol. The molecule has 0 heterocycles. The van der Waals surface area contributed by atoms with Crippen molar-refractivity contribution in [1.82, 2.24) is 5.01 Å². The van der Waals surface area contributed by atoms with Gasteiger partial charge in [0.25, 0.3) is 0 Å². The zero-order chi connectivity index (χ0) is 9.56. The van der Waals surface area contributed by atoms with Gasteiger partial charge in [0.15, 0.2) is 0 Å². The highest BCUT2D eigenvalue weighted by Crippen LogP contribution is 1.90. The van der Waals surface area contributed by atoms with E-state index in [4.69, 9.17) is 22.4 Å². The second-order valence-corrected chi connectivity index (χ2v) is 2.31. The summed E-state index contributed by atoms with van der Waals surface area (Å²) in [7, 11) is 0. The molecule has 0 saturated heterocycles. The maximum absolute atomic E-state index is 10.2. The highest BCUT2D eigenvalue weighted by atomic mass is 16.4. The number of carbonyl (C=O) groups is 1. The Morgan fingerprint density at radius 3 is 2.67 bits per heavy atom. The highest BCUT2D eigenvalue weighted by Gasteiger charge is 2.10. The topological polar surface area (TPSA) is 119 Å². The number of carboxylic acids is 1. The van der Waals surface area contributed by atoms with Crippen molar-refractivity contribution in [2.75, 3.05) is 6.54 Å². The van der Waals surface area contributed by atoms with Crippen molar-refractivity contribution >= 4 is 5.97 Å². The van der Waals surface area contributed by atoms with Crippen molar-refractivity contribution in [1.29, 1.82) is 0 Å². The van der Waals surface area contributed by atoms with Crippen LogP contribution >= 0.6 is 0 Å². The third-order valence-electron chi connectivity index (χ3n) is 1.29. The predicted octanol–water partition coefficient (Wildman–Crippen LogP) is -1.61. The Labute approximate surface area is 70.6 Å². The third kappa shape index (κ3) is 4.53. The van der Waals surface area contributed by atoms with Crippen LogP contribution in [0.2, 0.25) is 0 Å². The second-order valence-electron chi connectivity index (χ2n) is 2.31. The minimum absolute atomic E-state index is 0.288. The van der Waals surface area contributed by atoms with Crippen LogP contribution in [0.3, 0.4) is 0 Å². The molecule has 12 heavy (non-hydrogen) atoms. The molecule has 1 unspecified atom stereocenters. The molecular weight excluding hydrogens is 160 g/mol. The van der Waals surface area contributed by atoms with E-state index in [1.165, 1.54) is 17.4 Å². The van der Waals surface area contributed by atoms with Gasteiger partial charge in [0.2, 0.25) is 0 Å². The number of aliphatic carboxylic acids is 1. The first-order valence-corrected chi connectivity index (χ1v) is 3.46. The molecule has 0 aliphatic carbocycles. The van der Waals surface area contributed by atoms with Crippen molar-refractivity contribution in [2.45, 2.75) is 12.5 Å². The smallest absolute Gasteiger partial charge is 0.320 e. The first-order chi connectivity index (χ1) is 5.57. The zero-order valence-electron chi connectivity index (χ0n) is 6.68. The fourth-order valence-electron chi connectivity index (χ4n) is 0.597. The summed E-state index contributed by atoms with van der Waals surface area (Å²) in [5.41, 5.74) is 10.3. The van der Waals surface area contributed by atoms with E-state index in [1.807, 2.05) is 0 Å². The number of hydrazine groups is 1. The molecule has 0 aliphatic rings. The molecule has 0 rings (SSSR count). The van der Waals surface area contributed by atoms with E-state index < -0.39 is 12.0 Å². The molecule has 0 aromatic carbocycles. The summed E-state index contributed by atoms with van der Waals surface area (Å²) in [4.78, 5) is 10.2. The van der Waals surface area contributed by atoms with E-state index in [2.05, 4.69) is 0 Å². The lowest BCUT2D eigenvalue weighted by atomic mass is 10.2. The molecule has 0 spiro atoms. The van der Waals surface area contributed by atoms with E-state index in [0.717, 1.165) is 0 Å². The number of carboxylic acid groups (broad SMARTS) is 1. The van der Waals surface area contributed by atoms with Crippen LogP contribution in [0.25, 0.3) is 0 Å². The van der Waals surface area contributed by atoms with Crippen LogP contribution in [0.15, 0.2) is 12.4 Å². The van der Waals surface area contributed by atoms with Gasteiger partial charge in [-0.2, -0.15) is 0 Å². The molecule has 70 valence electrons. The highest BCUT2D eigenvalue weighted by molar-refractivity contribution is 5.72. The molecule has 0 amide bonds. The fraction of sp³-hybridized carbons (Fsp3) is 0.500. The van der Waals surface area contributed by atoms with Crippen molar-refractivity contribution in [3.05, 3.63) is 12.4 Å². The molecule has 7 N–H and O–H groups in total. The van der Waals surface area contributed by atoms with Crippen molar-refractivity contribution in [3.63, 3.8) is 0 Å². The Hall–Kier alpha value is -1.27. The number of hydrogen-bond acceptors (Lipinski definition) is 5. The maximum atomic E-state index is 10.2. The normalized spacial score (nSPS) is 13.2. The maximum Gasteiger partial charge on any atom is 0.320 e. The summed E-state index contributed by atoms with van der Waals surface area (Å²) in [5.74, 6) is 4.32. The lowest BCUT2D eigenvalue weighted by Crippen LogP contribution is -2.36. The van der Waals surface area contributed by atoms with Crippen LogP contribution < -0.4 is 17.3 Å². The van der Waals surface area contributed by atoms with E-state index in [0.29, 0.717) is 6.54 Å². The average molecular weight is 174 g/mol. The Morgan fingerprint density at radius 1 is 1.67 bits per heavy atom. The van der Waals surface area contributed by atoms with Crippen molar-refractivity contribution in [3.8, 4) is 0 Å². The Kier molecular flexibility index (Phi) is 4.82. The number of hydrogen-bond donors (Lipinski definition) is 4. The predicted molar refractivity (Wildman–Crippen MR) is 44.4 cm³/mol. The van der Waals surface area contributed by atoms with Gasteiger partial charge in [-0.05, 0) is 6.42 Å². The molecular formula is C6H14N4O2. The molecule has 0 aromatic rings. The minimum atomic E-state index is -1.03. The summed E-state index contributed by atoms with van der Waals surface area (Å²) in [5, 5.41) is 9.68. The molecule has 1 atom stereocenters. The molecule has 0 aliphatic heterocycles. The van der Waals surface area contributed by atoms with Crippen molar-refractivity contribution in [2.24, 2.45) is 17.3 Å². The van der Waals surface area contributed by atoms with Crippen LogP contribution in [0.5, 0.6) is 0 Å². The Bertz CT molecular complexity index is 171. The SMILES string of the molecule is N/C=C\N(N)CCC(N)C(=O)O. The van der Waals surface area contributed by atoms with Crippen LogP contribution in [0, 0.1) is 0 Å². The van der Waals surface area contributed by atoms with E-state index in [1.54, 1.807) is 0 Å². The van der Waals surface area contributed by atoms with Gasteiger partial charge in [0.1, 0.15) is 6.04 Å². The second kappa shape index (κ2) is 5.39. The molecule has 0 bridgehead atoms. The number of rotatable bonds is 5. The average Bonchev–Trinajstić information content (AvgIpc) is 2.00. The van der Waals surface area contributed by atoms with Crippen LogP contribution in [-0.2, 0) is 4.79 Å². The van der Waals surface area contributed by atoms with E-state index in [-0.39, 0.29) is 6.42 Å². The lowest BCUT2D eigenvalue weighted by Gasteiger charge is -2.14. The van der Waals surface area contributed by atoms with E-state index in [9.17, 15) is 4.79 Å². The zero-order valence-corrected chi connectivity index (χ0v) is 6.68. The van der Waals surface area contributed by atoms with Crippen LogP contribution in [0.1, 0.15) is 6.42 Å². The van der Waals surface area contributed by atoms with Gasteiger partial charge in [-0.1, -0.05) is 0 Å². The molecule has 6 nitrogen and oxygen atoms in total. The van der Waals surface area contributed by atoms with Crippen molar-refractivity contribution < 1.29 is 9.90 Å². The fourth-order valence-corrected chi connectivity index (χ4v) is 0.597. The molecule has 0 saturated carbocycles. The van der Waals surface area contributed by atoms with E-state index >= 15 is 0 Å². The van der Waals surface area contributed by atoms with Gasteiger partial charge in [-0.25, -0.2) is 5.84 Å². The summed E-state index contributed by atoms with van der Waals surface area (Å²) in [6.07, 6.45) is 3.00. The van der Waals surface area contributed by atoms with Gasteiger partial charge in [-0.3, -0.25) is 4.79 Å². The molecule has 0 aromatic heterocycles. The summed E-state index contributed by atoms with van der Waals surface area (Å²) < 4.78 is 0.